The third-order valence-electron chi connectivity index (χ3n) is 0.560. The molecule has 0 unspecified atom stereocenters. The third-order valence-corrected chi connectivity index (χ3v) is 0.560. The molecule has 0 spiro atoms. The zero-order valence-corrected chi connectivity index (χ0v) is 7.02. The van der Waals surface area contributed by atoms with E-state index in [2.05, 4.69) is 13.2 Å². The molecule has 0 aliphatic heterocycles. The second-order valence-corrected chi connectivity index (χ2v) is 1.67. The number of allylic oxidation sites excluding steroid dienone is 3. The SMILES string of the molecule is C=C(C)/C=C\C(=C)O.CC. The van der Waals surface area contributed by atoms with Crippen molar-refractivity contribution >= 4 is 0 Å². The van der Waals surface area contributed by atoms with Crippen molar-refractivity contribution in [2.45, 2.75) is 20.8 Å². The normalized spacial score (nSPS) is 8.30. The molecular weight excluding hydrogens is 124 g/mol. The Hall–Kier alpha value is -0.980. The molecule has 1 heteroatoms. The van der Waals surface area contributed by atoms with Crippen molar-refractivity contribution < 1.29 is 5.11 Å². The zero-order chi connectivity index (χ0) is 8.57. The lowest BCUT2D eigenvalue weighted by molar-refractivity contribution is 0.435. The molecule has 0 rings (SSSR count). The Kier molecular flexibility index (Phi) is 9.44. The predicted molar refractivity (Wildman–Crippen MR) is 47.1 cm³/mol. The summed E-state index contributed by atoms with van der Waals surface area (Å²) in [7, 11) is 0. The maximum atomic E-state index is 8.48. The lowest BCUT2D eigenvalue weighted by Crippen LogP contribution is -1.67. The molecule has 0 saturated heterocycles. The summed E-state index contributed by atoms with van der Waals surface area (Å²) in [5.41, 5.74) is 0.903. The number of hydrogen-bond acceptors (Lipinski definition) is 1. The van der Waals surface area contributed by atoms with E-state index >= 15 is 0 Å². The highest BCUT2D eigenvalue weighted by atomic mass is 16.3. The molecule has 1 nitrogen and oxygen atoms in total. The molecule has 0 aromatic heterocycles. The van der Waals surface area contributed by atoms with Crippen molar-refractivity contribution in [3.63, 3.8) is 0 Å². The van der Waals surface area contributed by atoms with Crippen LogP contribution in [0.5, 0.6) is 0 Å². The smallest absolute Gasteiger partial charge is 0.108 e. The minimum atomic E-state index is 0.0630. The highest BCUT2D eigenvalue weighted by Gasteiger charge is 1.74. The summed E-state index contributed by atoms with van der Waals surface area (Å²) in [4.78, 5) is 0. The lowest BCUT2D eigenvalue weighted by Gasteiger charge is -1.83. The Morgan fingerprint density at radius 2 is 1.60 bits per heavy atom. The van der Waals surface area contributed by atoms with Gasteiger partial charge < -0.3 is 5.11 Å². The van der Waals surface area contributed by atoms with Crippen LogP contribution in [0.4, 0.5) is 0 Å². The van der Waals surface area contributed by atoms with Gasteiger partial charge in [0.05, 0.1) is 0 Å². The van der Waals surface area contributed by atoms with Crippen LogP contribution >= 0.6 is 0 Å². The lowest BCUT2D eigenvalue weighted by atomic mass is 10.3. The van der Waals surface area contributed by atoms with E-state index in [0.717, 1.165) is 5.57 Å². The molecule has 0 aliphatic carbocycles. The molecule has 58 valence electrons. The highest BCUT2D eigenvalue weighted by Crippen LogP contribution is 1.91. The van der Waals surface area contributed by atoms with Gasteiger partial charge in [-0.15, -0.1) is 0 Å². The first kappa shape index (κ1) is 11.8. The van der Waals surface area contributed by atoms with Crippen LogP contribution in [0.25, 0.3) is 0 Å². The van der Waals surface area contributed by atoms with Crippen molar-refractivity contribution in [3.05, 3.63) is 36.6 Å². The van der Waals surface area contributed by atoms with Crippen LogP contribution in [0, 0.1) is 0 Å². The Labute approximate surface area is 63.4 Å². The van der Waals surface area contributed by atoms with Gasteiger partial charge in [0.2, 0.25) is 0 Å². The molecule has 1 N–H and O–H groups in total. The van der Waals surface area contributed by atoms with Crippen LogP contribution < -0.4 is 0 Å². The fraction of sp³-hybridized carbons (Fsp3) is 0.333. The first-order valence-corrected chi connectivity index (χ1v) is 3.34. The summed E-state index contributed by atoms with van der Waals surface area (Å²) in [6.07, 6.45) is 3.20. The summed E-state index contributed by atoms with van der Waals surface area (Å²) in [5.74, 6) is 0.0630. The van der Waals surface area contributed by atoms with Gasteiger partial charge in [-0.1, -0.05) is 38.7 Å². The van der Waals surface area contributed by atoms with Crippen LogP contribution in [-0.4, -0.2) is 5.11 Å². The van der Waals surface area contributed by atoms with Crippen molar-refractivity contribution in [3.8, 4) is 0 Å². The van der Waals surface area contributed by atoms with Gasteiger partial charge in [0.1, 0.15) is 5.76 Å². The Bertz CT molecular complexity index is 116. The highest BCUT2D eigenvalue weighted by molar-refractivity contribution is 5.18. The van der Waals surface area contributed by atoms with Crippen LogP contribution in [0.15, 0.2) is 36.6 Å². The van der Waals surface area contributed by atoms with Gasteiger partial charge in [-0.3, -0.25) is 0 Å². The first-order chi connectivity index (χ1) is 4.63. The third kappa shape index (κ3) is 15.7. The summed E-state index contributed by atoms with van der Waals surface area (Å²) in [6.45, 7) is 12.7. The molecule has 0 radical (unpaired) electrons. The van der Waals surface area contributed by atoms with Crippen LogP contribution in [0.2, 0.25) is 0 Å². The average molecular weight is 140 g/mol. The molecule has 0 amide bonds. The monoisotopic (exact) mass is 140 g/mol. The van der Waals surface area contributed by atoms with Gasteiger partial charge in [0.25, 0.3) is 0 Å². The van der Waals surface area contributed by atoms with Gasteiger partial charge in [-0.25, -0.2) is 0 Å². The minimum absolute atomic E-state index is 0.0630. The summed E-state index contributed by atoms with van der Waals surface area (Å²) >= 11 is 0. The van der Waals surface area contributed by atoms with Crippen LogP contribution in [0.1, 0.15) is 20.8 Å². The molecule has 0 bridgehead atoms. The van der Waals surface area contributed by atoms with E-state index in [1.165, 1.54) is 6.08 Å². The second-order valence-electron chi connectivity index (χ2n) is 1.67. The summed E-state index contributed by atoms with van der Waals surface area (Å²) in [6, 6.07) is 0. The van der Waals surface area contributed by atoms with E-state index in [1.54, 1.807) is 6.08 Å². The second kappa shape index (κ2) is 8.02. The van der Waals surface area contributed by atoms with E-state index in [0.29, 0.717) is 0 Å². The van der Waals surface area contributed by atoms with Crippen LogP contribution in [0.3, 0.4) is 0 Å². The maximum Gasteiger partial charge on any atom is 0.108 e. The van der Waals surface area contributed by atoms with E-state index in [1.807, 2.05) is 20.8 Å². The first-order valence-electron chi connectivity index (χ1n) is 3.34. The summed E-state index contributed by atoms with van der Waals surface area (Å²) in [5, 5.41) is 8.48. The largest absolute Gasteiger partial charge is 0.509 e. The fourth-order valence-corrected chi connectivity index (χ4v) is 0.238. The van der Waals surface area contributed by atoms with Crippen molar-refractivity contribution in [2.75, 3.05) is 0 Å². The van der Waals surface area contributed by atoms with Gasteiger partial charge in [-0.2, -0.15) is 0 Å². The van der Waals surface area contributed by atoms with E-state index in [-0.39, 0.29) is 5.76 Å². The molecule has 0 aromatic rings. The topological polar surface area (TPSA) is 20.2 Å². The molecule has 0 saturated carbocycles. The van der Waals surface area contributed by atoms with Crippen molar-refractivity contribution in [1.29, 1.82) is 0 Å². The summed E-state index contributed by atoms with van der Waals surface area (Å²) < 4.78 is 0. The van der Waals surface area contributed by atoms with Crippen LogP contribution in [-0.2, 0) is 0 Å². The Morgan fingerprint density at radius 1 is 1.20 bits per heavy atom. The molecule has 0 aromatic carbocycles. The fourth-order valence-electron chi connectivity index (χ4n) is 0.238. The predicted octanol–water partition coefficient (Wildman–Crippen LogP) is 3.22. The number of rotatable bonds is 2. The van der Waals surface area contributed by atoms with E-state index in [9.17, 15) is 0 Å². The average Bonchev–Trinajstić information content (AvgIpc) is 1.89. The van der Waals surface area contributed by atoms with Gasteiger partial charge in [0, 0.05) is 0 Å². The maximum absolute atomic E-state index is 8.48. The van der Waals surface area contributed by atoms with E-state index in [4.69, 9.17) is 5.11 Å². The molecule has 0 atom stereocenters. The molecule has 0 fully saturated rings. The standard InChI is InChI=1S/C7H10O.C2H6/c1-6(2)4-5-7(3)8;1-2/h4-5,8H,1,3H2,2H3;1-2H3/b5-4-;. The quantitative estimate of drug-likeness (QED) is 0.461. The van der Waals surface area contributed by atoms with Crippen molar-refractivity contribution in [2.24, 2.45) is 0 Å². The molecule has 0 heterocycles. The van der Waals surface area contributed by atoms with Gasteiger partial charge >= 0.3 is 0 Å². The van der Waals surface area contributed by atoms with Gasteiger partial charge in [0.15, 0.2) is 0 Å². The number of aliphatic hydroxyl groups excluding tert-OH is 1. The zero-order valence-electron chi connectivity index (χ0n) is 7.02. The molecule has 10 heavy (non-hydrogen) atoms. The number of aliphatic hydroxyl groups is 1. The number of hydrogen-bond donors (Lipinski definition) is 1. The van der Waals surface area contributed by atoms with E-state index < -0.39 is 0 Å². The minimum Gasteiger partial charge on any atom is -0.509 e. The Morgan fingerprint density at radius 3 is 1.70 bits per heavy atom. The molecule has 0 aliphatic rings. The van der Waals surface area contributed by atoms with Crippen molar-refractivity contribution in [1.82, 2.24) is 0 Å². The molecular formula is C9H16O. The van der Waals surface area contributed by atoms with Gasteiger partial charge in [-0.05, 0) is 13.0 Å². The Balaban J connectivity index is 0.